The Hall–Kier alpha value is -16.5. The van der Waals surface area contributed by atoms with Gasteiger partial charge in [-0.05, 0) is 212 Å². The van der Waals surface area contributed by atoms with Crippen LogP contribution in [0.25, 0.3) is 11.1 Å². The number of rotatable bonds is 15. The number of hydrogen-bond acceptors (Lipinski definition) is 22. The lowest BCUT2D eigenvalue weighted by Gasteiger charge is -2.38. The molecule has 688 valence electrons. The van der Waals surface area contributed by atoms with E-state index in [1.165, 1.54) is 61.9 Å². The molecule has 0 atom stereocenters. The van der Waals surface area contributed by atoms with E-state index < -0.39 is 80.1 Å². The van der Waals surface area contributed by atoms with Gasteiger partial charge in [-0.2, -0.15) is 83.9 Å². The maximum Gasteiger partial charge on any atom is 0.411 e. The number of ketones is 1. The third-order valence-electron chi connectivity index (χ3n) is 17.5. The van der Waals surface area contributed by atoms with Crippen LogP contribution in [-0.4, -0.2) is 130 Å². The summed E-state index contributed by atoms with van der Waals surface area (Å²) in [5.41, 5.74) is 6.34. The van der Waals surface area contributed by atoms with Gasteiger partial charge >= 0.3 is 85.1 Å². The zero-order valence-electron chi connectivity index (χ0n) is 70.3. The number of carbonyl (C=O) groups excluding carboxylic acids is 13. The first-order chi connectivity index (χ1) is 60.4. The second-order valence-corrected chi connectivity index (χ2v) is 28.5. The Morgan fingerprint density at radius 2 is 0.519 bits per heavy atom. The summed E-state index contributed by atoms with van der Waals surface area (Å²) in [5.74, 6) is -5.37. The normalized spacial score (nSPS) is 9.66. The van der Waals surface area contributed by atoms with Crippen molar-refractivity contribution in [1.29, 1.82) is 0 Å². The highest BCUT2D eigenvalue weighted by molar-refractivity contribution is 7.91. The Kier molecular flexibility index (Phi) is 52.5. The highest BCUT2D eigenvalue weighted by atomic mass is 32.2. The van der Waals surface area contributed by atoms with Gasteiger partial charge in [-0.15, -0.1) is 0 Å². The Balaban J connectivity index is -0.00000145. The monoisotopic (exact) mass is 1830 g/mol. The molecular formula is C96H88F6O28S. The first-order valence-electron chi connectivity index (χ1n) is 36.3. The predicted molar refractivity (Wildman–Crippen MR) is 454 cm³/mol. The van der Waals surface area contributed by atoms with Crippen LogP contribution in [-0.2, 0) is 72.8 Å². The molecule has 0 saturated carbocycles. The lowest BCUT2D eigenvalue weighted by molar-refractivity contribution is -0.288. The topological polar surface area (TPSA) is 489 Å². The smallest absolute Gasteiger partial charge is 0.411 e. The summed E-state index contributed by atoms with van der Waals surface area (Å²) in [6.07, 6.45) is -9.99. The van der Waals surface area contributed by atoms with Crippen LogP contribution in [0.15, 0.2) is 240 Å². The number of carbonyl (C=O) groups is 7. The number of carboxylic acid groups (broad SMARTS) is 6. The van der Waals surface area contributed by atoms with Gasteiger partial charge < -0.3 is 35.4 Å². The van der Waals surface area contributed by atoms with E-state index in [1.54, 1.807) is 88.4 Å². The Bertz CT molecular complexity index is 5920. The van der Waals surface area contributed by atoms with Gasteiger partial charge in [0, 0.05) is 11.1 Å². The van der Waals surface area contributed by atoms with Crippen LogP contribution in [0.1, 0.15) is 171 Å². The summed E-state index contributed by atoms with van der Waals surface area (Å²) >= 11 is 0. The summed E-state index contributed by atoms with van der Waals surface area (Å²) < 4.78 is 114. The van der Waals surface area contributed by atoms with Crippen LogP contribution in [0.5, 0.6) is 11.5 Å². The van der Waals surface area contributed by atoms with Crippen LogP contribution in [0.3, 0.4) is 0 Å². The molecule has 11 aromatic rings. The zero-order valence-corrected chi connectivity index (χ0v) is 71.1. The highest BCUT2D eigenvalue weighted by Gasteiger charge is 2.72. The molecule has 0 aliphatic carbocycles. The first kappa shape index (κ1) is 119. The summed E-state index contributed by atoms with van der Waals surface area (Å²) in [5, 5.41) is 54.0. The van der Waals surface area contributed by atoms with Crippen molar-refractivity contribution in [3.63, 3.8) is 0 Å². The number of ether oxygens (including phenoxy) is 1. The maximum absolute atomic E-state index is 13.9. The van der Waals surface area contributed by atoms with E-state index in [2.05, 4.69) is 0 Å². The minimum Gasteiger partial charge on any atom is -0.478 e. The second-order valence-electron chi connectivity index (χ2n) is 26.6. The van der Waals surface area contributed by atoms with E-state index in [4.69, 9.17) is 92.9 Å². The standard InChI is InChI=1S/C18H14F6O2.C16H14O3.C15H14O4S.C15H14O3.C15H14O2.C9H10O2.6CO2.2CH4/c1-10-3-6-12(7-4-10)16(17(19,20)21,18(22,23)24)13-8-5-11(2)14(9-13)15(25)26;1-10-3-6-12(7-4-10)15(17)13-8-5-11(2)14(9-13)16(18)19;1-10-3-6-12(7-4-10)20(18,19)13-8-5-11(2)14(9-13)15(16)17;1-10-3-6-12(7-4-10)18-13-8-5-11(2)14(9-13)15(16)17;1-10-3-6-12(7-4-10)13-8-5-11(2)14(9-13)15(16)17;1-6-3-4-7(2)8(5-6)9(10)11;6*2-1-3;;/h3-9H,1-2H3,(H,25,26);3-9H,1-2H3,(H,18,19);3-9H,1-2H3,(H,16,17);3-9H,1-2H3,(H,16,17);3-9H,1-2H3,(H,16,17);3-5H,1-2H3,(H,10,11);;;;;;;2*1H4. The average Bonchev–Trinajstić information content (AvgIpc) is 0.712. The lowest BCUT2D eigenvalue weighted by Crippen LogP contribution is -2.54. The van der Waals surface area contributed by atoms with Gasteiger partial charge in [-0.3, -0.25) is 4.79 Å². The van der Waals surface area contributed by atoms with Crippen LogP contribution < -0.4 is 4.74 Å². The molecule has 131 heavy (non-hydrogen) atoms. The van der Waals surface area contributed by atoms with E-state index in [-0.39, 0.29) is 89.6 Å². The molecule has 0 amide bonds. The largest absolute Gasteiger partial charge is 0.478 e. The molecule has 0 radical (unpaired) electrons. The number of sulfone groups is 1. The van der Waals surface area contributed by atoms with Gasteiger partial charge in [-0.25, -0.2) is 37.2 Å². The van der Waals surface area contributed by atoms with Crippen molar-refractivity contribution in [3.05, 3.63) is 353 Å². The molecule has 11 aromatic carbocycles. The second kappa shape index (κ2) is 57.9. The Labute approximate surface area is 747 Å². The lowest BCUT2D eigenvalue weighted by atomic mass is 9.72. The number of benzene rings is 11. The van der Waals surface area contributed by atoms with Gasteiger partial charge in [0.15, 0.2) is 5.78 Å². The zero-order chi connectivity index (χ0) is 99.0. The van der Waals surface area contributed by atoms with Crippen LogP contribution in [0.4, 0.5) is 26.3 Å². The molecule has 35 heteroatoms. The molecule has 0 heterocycles. The number of aromatic carboxylic acids is 6. The quantitative estimate of drug-likeness (QED) is 0.0410. The molecule has 0 aliphatic rings. The predicted octanol–water partition coefficient (Wildman–Crippen LogP) is 18.7. The Morgan fingerprint density at radius 1 is 0.267 bits per heavy atom. The number of halogens is 6. The molecule has 0 fully saturated rings. The van der Waals surface area contributed by atoms with Gasteiger partial charge in [0.1, 0.15) is 11.5 Å². The molecule has 0 saturated heterocycles. The fourth-order valence-corrected chi connectivity index (χ4v) is 12.3. The van der Waals surface area contributed by atoms with Crippen LogP contribution in [0.2, 0.25) is 0 Å². The van der Waals surface area contributed by atoms with Crippen LogP contribution >= 0.6 is 0 Å². The molecular weight excluding hydrogens is 1750 g/mol. The van der Waals surface area contributed by atoms with Crippen molar-refractivity contribution < 1.29 is 161 Å². The first-order valence-corrected chi connectivity index (χ1v) is 37.8. The SMILES string of the molecule is C.C.Cc1ccc(-c2ccc(C)c(C(=O)O)c2)cc1.Cc1ccc(C(=O)c2ccc(C)c(C(=O)O)c2)cc1.Cc1ccc(C(c2ccc(C)c(C(=O)O)c2)(C(F)(F)F)C(F)(F)F)cc1.Cc1ccc(C)c(C(=O)O)c1.Cc1ccc(Oc2ccc(C)c(C(=O)O)c2)cc1.Cc1ccc(S(=O)(=O)c2ccc(C)c(C(=O)O)c2)cc1.O=C=O.O=C=O.O=C=O.O=C=O.O=C=O.O=C=O. The van der Waals surface area contributed by atoms with Crippen molar-refractivity contribution in [1.82, 2.24) is 0 Å². The van der Waals surface area contributed by atoms with E-state index >= 15 is 0 Å². The fourth-order valence-electron chi connectivity index (χ4n) is 11.0. The van der Waals surface area contributed by atoms with Gasteiger partial charge in [-0.1, -0.05) is 206 Å². The molecule has 0 aromatic heterocycles. The van der Waals surface area contributed by atoms with E-state index in [0.717, 1.165) is 80.4 Å². The maximum atomic E-state index is 13.9. The third kappa shape index (κ3) is 37.7. The molecule has 0 unspecified atom stereocenters. The summed E-state index contributed by atoms with van der Waals surface area (Å²) in [6, 6.07) is 60.1. The van der Waals surface area contributed by atoms with Crippen molar-refractivity contribution in [3.8, 4) is 22.6 Å². The van der Waals surface area contributed by atoms with E-state index in [0.29, 0.717) is 62.6 Å². The van der Waals surface area contributed by atoms with Crippen molar-refractivity contribution in [2.75, 3.05) is 0 Å². The Morgan fingerprint density at radius 3 is 0.901 bits per heavy atom. The van der Waals surface area contributed by atoms with Gasteiger partial charge in [0.25, 0.3) is 0 Å². The van der Waals surface area contributed by atoms with Gasteiger partial charge in [0.05, 0.1) is 43.2 Å². The molecule has 0 spiro atoms. The summed E-state index contributed by atoms with van der Waals surface area (Å²) in [7, 11) is -3.69. The molecule has 0 bridgehead atoms. The van der Waals surface area contributed by atoms with E-state index in [9.17, 15) is 68.3 Å². The number of alkyl halides is 6. The fraction of sp³-hybridized carbons (Fsp3) is 0.177. The minimum atomic E-state index is -5.74. The highest BCUT2D eigenvalue weighted by Crippen LogP contribution is 2.56. The summed E-state index contributed by atoms with van der Waals surface area (Å²) in [6.45, 7) is 21.3. The minimum absolute atomic E-state index is 0. The van der Waals surface area contributed by atoms with Crippen molar-refractivity contribution >= 4 is 88.3 Å². The number of aryl methyl sites for hydroxylation is 12. The summed E-state index contributed by atoms with van der Waals surface area (Å²) in [4.78, 5) is 176. The van der Waals surface area contributed by atoms with E-state index in [1.807, 2.05) is 126 Å². The third-order valence-corrected chi connectivity index (χ3v) is 19.3. The van der Waals surface area contributed by atoms with Crippen LogP contribution in [0, 0.1) is 83.1 Å². The van der Waals surface area contributed by atoms with Gasteiger partial charge in [0.2, 0.25) is 15.3 Å². The molecule has 11 rings (SSSR count). The molecule has 0 aliphatic heterocycles. The number of carboxylic acids is 6. The number of hydrogen-bond donors (Lipinski definition) is 6. The molecule has 28 nitrogen and oxygen atoms in total. The average molecular weight is 1840 g/mol. The molecule has 6 N–H and O–H groups in total. The van der Waals surface area contributed by atoms with Crippen molar-refractivity contribution in [2.45, 2.75) is 125 Å². The van der Waals surface area contributed by atoms with Crippen molar-refractivity contribution in [2.24, 2.45) is 0 Å².